The maximum Gasteiger partial charge on any atom is 0.267 e. The molecule has 21 heavy (non-hydrogen) atoms. The molecule has 0 aliphatic heterocycles. The predicted molar refractivity (Wildman–Crippen MR) is 77.2 cm³/mol. The summed E-state index contributed by atoms with van der Waals surface area (Å²) < 4.78 is 33.7. The summed E-state index contributed by atoms with van der Waals surface area (Å²) in [5, 5.41) is 3.82. The predicted octanol–water partition coefficient (Wildman–Crippen LogP) is 1.25. The molecule has 0 aliphatic rings. The number of fused-ring (bicyclic) bond motifs is 1. The van der Waals surface area contributed by atoms with E-state index in [1.54, 1.807) is 32.2 Å². The number of hydrogen-bond donors (Lipinski definition) is 2. The van der Waals surface area contributed by atoms with Gasteiger partial charge in [0.15, 0.2) is 17.3 Å². The van der Waals surface area contributed by atoms with Crippen molar-refractivity contribution in [2.45, 2.75) is 11.8 Å². The van der Waals surface area contributed by atoms with Gasteiger partial charge in [-0.15, -0.1) is 0 Å². The Balaban J connectivity index is 1.98. The molecule has 0 unspecified atom stereocenters. The van der Waals surface area contributed by atoms with Crippen LogP contribution in [0.1, 0.15) is 5.89 Å². The van der Waals surface area contributed by atoms with Crippen LogP contribution in [-0.4, -0.2) is 23.2 Å². The molecule has 0 aliphatic carbocycles. The minimum Gasteiger partial charge on any atom is -0.441 e. The number of aromatic nitrogens is 3. The van der Waals surface area contributed by atoms with Gasteiger partial charge in [0.1, 0.15) is 10.4 Å². The number of rotatable bonds is 3. The Morgan fingerprint density at radius 3 is 2.81 bits per heavy atom. The normalized spacial score (nSPS) is 11.9. The van der Waals surface area contributed by atoms with Crippen LogP contribution in [0.2, 0.25) is 0 Å². The summed E-state index contributed by atoms with van der Waals surface area (Å²) >= 11 is 0. The van der Waals surface area contributed by atoms with Crippen molar-refractivity contribution >= 4 is 32.6 Å². The number of benzene rings is 1. The van der Waals surface area contributed by atoms with Crippen molar-refractivity contribution in [3.63, 3.8) is 0 Å². The number of nitrogens with one attached hydrogen (secondary N) is 1. The standard InChI is InChI=1S/C12H13N5O3S/c1-7-14-9-5-8(3-4-10(9)20-7)16-21(18,19)11-6-17(2)15-12(11)13/h3-6,16H,1-2H3,(H2,13,15). The number of nitrogens with zero attached hydrogens (tertiary/aromatic N) is 3. The second-order valence-corrected chi connectivity index (χ2v) is 6.22. The molecule has 8 nitrogen and oxygen atoms in total. The van der Waals surface area contributed by atoms with Gasteiger partial charge in [-0.25, -0.2) is 13.4 Å². The largest absolute Gasteiger partial charge is 0.441 e. The molecule has 1 aromatic carbocycles. The minimum atomic E-state index is -3.80. The molecule has 110 valence electrons. The van der Waals surface area contributed by atoms with Crippen molar-refractivity contribution in [3.05, 3.63) is 30.3 Å². The van der Waals surface area contributed by atoms with E-state index in [1.807, 2.05) is 0 Å². The highest BCUT2D eigenvalue weighted by atomic mass is 32.2. The second kappa shape index (κ2) is 4.48. The molecule has 0 atom stereocenters. The van der Waals surface area contributed by atoms with Gasteiger partial charge < -0.3 is 10.2 Å². The lowest BCUT2D eigenvalue weighted by Crippen LogP contribution is -2.13. The van der Waals surface area contributed by atoms with Gasteiger partial charge in [-0.2, -0.15) is 5.10 Å². The number of oxazole rings is 1. The highest BCUT2D eigenvalue weighted by Crippen LogP contribution is 2.23. The van der Waals surface area contributed by atoms with Crippen LogP contribution in [-0.2, 0) is 17.1 Å². The van der Waals surface area contributed by atoms with Gasteiger partial charge in [0.2, 0.25) is 0 Å². The molecular formula is C12H13N5O3S. The average Bonchev–Trinajstić information content (AvgIpc) is 2.90. The van der Waals surface area contributed by atoms with E-state index >= 15 is 0 Å². The third-order valence-corrected chi connectivity index (χ3v) is 4.26. The lowest BCUT2D eigenvalue weighted by molar-refractivity contribution is 0.561. The zero-order chi connectivity index (χ0) is 15.2. The van der Waals surface area contributed by atoms with E-state index in [2.05, 4.69) is 14.8 Å². The minimum absolute atomic E-state index is 0.0524. The number of nitrogen functional groups attached to an aromatic ring is 1. The van der Waals surface area contributed by atoms with Crippen molar-refractivity contribution in [2.75, 3.05) is 10.5 Å². The van der Waals surface area contributed by atoms with Gasteiger partial charge in [0.25, 0.3) is 10.0 Å². The van der Waals surface area contributed by atoms with E-state index in [1.165, 1.54) is 10.9 Å². The van der Waals surface area contributed by atoms with Gasteiger partial charge in [0.05, 0.1) is 5.69 Å². The highest BCUT2D eigenvalue weighted by molar-refractivity contribution is 7.92. The van der Waals surface area contributed by atoms with Crippen LogP contribution in [0.4, 0.5) is 11.5 Å². The summed E-state index contributed by atoms with van der Waals surface area (Å²) in [7, 11) is -2.20. The Hall–Kier alpha value is -2.55. The van der Waals surface area contributed by atoms with Crippen molar-refractivity contribution < 1.29 is 12.8 Å². The molecule has 2 aromatic heterocycles. The molecule has 2 heterocycles. The average molecular weight is 307 g/mol. The van der Waals surface area contributed by atoms with Gasteiger partial charge >= 0.3 is 0 Å². The van der Waals surface area contributed by atoms with Gasteiger partial charge in [0, 0.05) is 20.2 Å². The van der Waals surface area contributed by atoms with Crippen LogP contribution in [0.3, 0.4) is 0 Å². The van der Waals surface area contributed by atoms with Crippen molar-refractivity contribution in [1.29, 1.82) is 0 Å². The van der Waals surface area contributed by atoms with E-state index in [-0.39, 0.29) is 10.7 Å². The Morgan fingerprint density at radius 1 is 1.38 bits per heavy atom. The molecule has 0 amide bonds. The first kappa shape index (κ1) is 13.4. The molecule has 0 fully saturated rings. The third-order valence-electron chi connectivity index (χ3n) is 2.86. The topological polar surface area (TPSA) is 116 Å². The van der Waals surface area contributed by atoms with Crippen LogP contribution in [0.25, 0.3) is 11.1 Å². The zero-order valence-electron chi connectivity index (χ0n) is 11.4. The molecule has 3 N–H and O–H groups in total. The van der Waals surface area contributed by atoms with Crippen molar-refractivity contribution in [2.24, 2.45) is 7.05 Å². The lowest BCUT2D eigenvalue weighted by Gasteiger charge is -2.06. The van der Waals surface area contributed by atoms with Crippen LogP contribution in [0, 0.1) is 6.92 Å². The van der Waals surface area contributed by atoms with Crippen LogP contribution in [0.15, 0.2) is 33.7 Å². The summed E-state index contributed by atoms with van der Waals surface area (Å²) in [4.78, 5) is 4.09. The smallest absolute Gasteiger partial charge is 0.267 e. The summed E-state index contributed by atoms with van der Waals surface area (Å²) in [5.74, 6) is 0.463. The molecule has 9 heteroatoms. The molecule has 3 aromatic rings. The lowest BCUT2D eigenvalue weighted by atomic mass is 10.3. The molecule has 0 saturated carbocycles. The molecule has 3 rings (SSSR count). The van der Waals surface area contributed by atoms with Crippen LogP contribution in [0.5, 0.6) is 0 Å². The zero-order valence-corrected chi connectivity index (χ0v) is 12.2. The van der Waals surface area contributed by atoms with Crippen LogP contribution < -0.4 is 10.5 Å². The van der Waals surface area contributed by atoms with E-state index in [0.717, 1.165) is 0 Å². The summed E-state index contributed by atoms with van der Waals surface area (Å²) in [6.07, 6.45) is 1.34. The molecule has 0 saturated heterocycles. The number of hydrogen-bond acceptors (Lipinski definition) is 6. The SMILES string of the molecule is Cc1nc2cc(NS(=O)(=O)c3cn(C)nc3N)ccc2o1. The fraction of sp³-hybridized carbons (Fsp3) is 0.167. The first-order chi connectivity index (χ1) is 9.85. The third kappa shape index (κ3) is 2.42. The van der Waals surface area contributed by atoms with Gasteiger partial charge in [-0.1, -0.05) is 0 Å². The summed E-state index contributed by atoms with van der Waals surface area (Å²) in [6, 6.07) is 4.84. The number of anilines is 2. The first-order valence-electron chi connectivity index (χ1n) is 6.04. The van der Waals surface area contributed by atoms with Crippen LogP contribution >= 0.6 is 0 Å². The molecule has 0 bridgehead atoms. The fourth-order valence-electron chi connectivity index (χ4n) is 2.01. The maximum absolute atomic E-state index is 12.3. The van der Waals surface area contributed by atoms with E-state index in [4.69, 9.17) is 10.2 Å². The molecular weight excluding hydrogens is 294 g/mol. The Kier molecular flexibility index (Phi) is 2.87. The van der Waals surface area contributed by atoms with Gasteiger partial charge in [-0.05, 0) is 18.2 Å². The number of nitrogens with two attached hydrogens (primary N) is 1. The van der Waals surface area contributed by atoms with Gasteiger partial charge in [-0.3, -0.25) is 9.40 Å². The van der Waals surface area contributed by atoms with Crippen molar-refractivity contribution in [3.8, 4) is 0 Å². The Morgan fingerprint density at radius 2 is 2.14 bits per heavy atom. The number of aryl methyl sites for hydroxylation is 2. The molecule has 0 spiro atoms. The quantitative estimate of drug-likeness (QED) is 0.752. The Labute approximate surface area is 120 Å². The number of sulfonamides is 1. The maximum atomic E-state index is 12.3. The summed E-state index contributed by atoms with van der Waals surface area (Å²) in [6.45, 7) is 1.72. The summed E-state index contributed by atoms with van der Waals surface area (Å²) in [5.41, 5.74) is 7.14. The van der Waals surface area contributed by atoms with E-state index in [0.29, 0.717) is 22.7 Å². The second-order valence-electron chi connectivity index (χ2n) is 4.57. The first-order valence-corrected chi connectivity index (χ1v) is 7.52. The van der Waals surface area contributed by atoms with E-state index < -0.39 is 10.0 Å². The highest BCUT2D eigenvalue weighted by Gasteiger charge is 2.21. The van der Waals surface area contributed by atoms with Crippen molar-refractivity contribution in [1.82, 2.24) is 14.8 Å². The Bertz CT molecular complexity index is 926. The van der Waals surface area contributed by atoms with E-state index in [9.17, 15) is 8.42 Å². The monoisotopic (exact) mass is 307 g/mol. The fourth-order valence-corrected chi connectivity index (χ4v) is 3.16. The molecule has 0 radical (unpaired) electrons.